The molecule has 0 aliphatic rings. The molecular formula is C8H11NO5. The predicted octanol–water partition coefficient (Wildman–Crippen LogP) is -0.642. The quantitative estimate of drug-likeness (QED) is 0.504. The number of nitrogens with two attached hydrogens (primary N) is 1. The molecule has 0 aliphatic heterocycles. The van der Waals surface area contributed by atoms with Gasteiger partial charge in [0.1, 0.15) is 17.5 Å². The summed E-state index contributed by atoms with van der Waals surface area (Å²) >= 11 is 0. The third-order valence-corrected chi connectivity index (χ3v) is 1.55. The van der Waals surface area contributed by atoms with E-state index in [1.165, 1.54) is 12.1 Å². The van der Waals surface area contributed by atoms with E-state index in [4.69, 9.17) is 21.1 Å². The first-order valence-corrected chi connectivity index (χ1v) is 3.52. The van der Waals surface area contributed by atoms with Crippen LogP contribution in [0.4, 0.5) is 0 Å². The molecule has 0 saturated heterocycles. The number of hydrogen-bond acceptors (Lipinski definition) is 4. The average Bonchev–Trinajstić information content (AvgIpc) is 2.01. The lowest BCUT2D eigenvalue weighted by atomic mass is 10.1. The molecular weight excluding hydrogens is 190 g/mol. The Morgan fingerprint density at radius 2 is 1.64 bits per heavy atom. The van der Waals surface area contributed by atoms with Gasteiger partial charge in [0, 0.05) is 6.07 Å². The van der Waals surface area contributed by atoms with Crippen LogP contribution in [0.5, 0.6) is 11.5 Å². The van der Waals surface area contributed by atoms with Crippen molar-refractivity contribution in [2.45, 2.75) is 6.04 Å². The Balaban J connectivity index is 0.00000169. The molecule has 1 aromatic carbocycles. The molecule has 6 heteroatoms. The molecule has 14 heavy (non-hydrogen) atoms. The van der Waals surface area contributed by atoms with E-state index in [0.717, 1.165) is 6.07 Å². The van der Waals surface area contributed by atoms with Gasteiger partial charge in [0.15, 0.2) is 0 Å². The molecule has 0 aromatic heterocycles. The summed E-state index contributed by atoms with van der Waals surface area (Å²) in [7, 11) is 0. The van der Waals surface area contributed by atoms with Crippen molar-refractivity contribution in [2.75, 3.05) is 0 Å². The Labute approximate surface area is 79.5 Å². The monoisotopic (exact) mass is 201 g/mol. The zero-order valence-electron chi connectivity index (χ0n) is 7.14. The van der Waals surface area contributed by atoms with Crippen molar-refractivity contribution in [1.29, 1.82) is 0 Å². The van der Waals surface area contributed by atoms with Crippen LogP contribution in [-0.4, -0.2) is 26.8 Å². The molecule has 1 aromatic rings. The van der Waals surface area contributed by atoms with Crippen molar-refractivity contribution in [2.24, 2.45) is 5.73 Å². The highest BCUT2D eigenvalue weighted by atomic mass is 16.4. The fraction of sp³-hybridized carbons (Fsp3) is 0.125. The van der Waals surface area contributed by atoms with Gasteiger partial charge in [-0.1, -0.05) is 0 Å². The lowest BCUT2D eigenvalue weighted by Gasteiger charge is -2.07. The Morgan fingerprint density at radius 1 is 1.21 bits per heavy atom. The van der Waals surface area contributed by atoms with Gasteiger partial charge in [0.2, 0.25) is 0 Å². The fourth-order valence-corrected chi connectivity index (χ4v) is 0.940. The second-order valence-corrected chi connectivity index (χ2v) is 2.60. The van der Waals surface area contributed by atoms with Crippen LogP contribution in [0.25, 0.3) is 0 Å². The summed E-state index contributed by atoms with van der Waals surface area (Å²) in [6.07, 6.45) is 0. The second-order valence-electron chi connectivity index (χ2n) is 2.60. The molecule has 0 spiro atoms. The summed E-state index contributed by atoms with van der Waals surface area (Å²) in [5.41, 5.74) is 5.41. The predicted molar refractivity (Wildman–Crippen MR) is 47.9 cm³/mol. The van der Waals surface area contributed by atoms with E-state index in [2.05, 4.69) is 0 Å². The Bertz CT molecular complexity index is 318. The smallest absolute Gasteiger partial charge is 0.325 e. The minimum Gasteiger partial charge on any atom is -0.508 e. The van der Waals surface area contributed by atoms with Crippen LogP contribution < -0.4 is 5.73 Å². The van der Waals surface area contributed by atoms with Crippen LogP contribution in [0.1, 0.15) is 11.6 Å². The maximum atomic E-state index is 10.4. The highest BCUT2D eigenvalue weighted by Crippen LogP contribution is 2.23. The molecule has 0 amide bonds. The molecule has 0 unspecified atom stereocenters. The number of phenolic OH excluding ortho intramolecular Hbond substituents is 2. The minimum absolute atomic E-state index is 0. The van der Waals surface area contributed by atoms with E-state index in [9.17, 15) is 4.79 Å². The SMILES string of the molecule is N[C@H](C(=O)O)c1cc(O)cc(O)c1.O. The number of phenols is 2. The number of carbonyl (C=O) groups is 1. The number of benzene rings is 1. The summed E-state index contributed by atoms with van der Waals surface area (Å²) < 4.78 is 0. The molecule has 0 aliphatic carbocycles. The highest BCUT2D eigenvalue weighted by Gasteiger charge is 2.15. The number of aliphatic carboxylic acids is 1. The summed E-state index contributed by atoms with van der Waals surface area (Å²) in [5.74, 6) is -1.65. The zero-order valence-corrected chi connectivity index (χ0v) is 7.14. The van der Waals surface area contributed by atoms with Crippen molar-refractivity contribution in [3.8, 4) is 11.5 Å². The topological polar surface area (TPSA) is 135 Å². The van der Waals surface area contributed by atoms with E-state index < -0.39 is 12.0 Å². The van der Waals surface area contributed by atoms with Crippen LogP contribution in [-0.2, 0) is 4.79 Å². The molecule has 78 valence electrons. The van der Waals surface area contributed by atoms with E-state index >= 15 is 0 Å². The average molecular weight is 201 g/mol. The zero-order chi connectivity index (χ0) is 10.0. The summed E-state index contributed by atoms with van der Waals surface area (Å²) in [6, 6.07) is 2.24. The lowest BCUT2D eigenvalue weighted by molar-refractivity contribution is -0.138. The van der Waals surface area contributed by atoms with E-state index in [-0.39, 0.29) is 22.5 Å². The number of carboxylic acids is 1. The third kappa shape index (κ3) is 2.61. The van der Waals surface area contributed by atoms with Gasteiger partial charge in [0.05, 0.1) is 0 Å². The molecule has 0 bridgehead atoms. The van der Waals surface area contributed by atoms with Gasteiger partial charge in [-0.3, -0.25) is 4.79 Å². The van der Waals surface area contributed by atoms with Crippen molar-refractivity contribution >= 4 is 5.97 Å². The van der Waals surface area contributed by atoms with E-state index in [1.54, 1.807) is 0 Å². The summed E-state index contributed by atoms with van der Waals surface area (Å²) in [5, 5.41) is 26.6. The van der Waals surface area contributed by atoms with Gasteiger partial charge in [-0.2, -0.15) is 0 Å². The Morgan fingerprint density at radius 3 is 2.00 bits per heavy atom. The lowest BCUT2D eigenvalue weighted by Crippen LogP contribution is -2.20. The van der Waals surface area contributed by atoms with Crippen LogP contribution in [0.2, 0.25) is 0 Å². The Hall–Kier alpha value is -1.79. The first-order chi connectivity index (χ1) is 6.00. The number of carboxylic acid groups (broad SMARTS) is 1. The number of rotatable bonds is 2. The molecule has 0 radical (unpaired) electrons. The number of aromatic hydroxyl groups is 2. The summed E-state index contributed by atoms with van der Waals surface area (Å²) in [6.45, 7) is 0. The van der Waals surface area contributed by atoms with Crippen LogP contribution >= 0.6 is 0 Å². The van der Waals surface area contributed by atoms with Crippen LogP contribution in [0.15, 0.2) is 18.2 Å². The normalized spacial score (nSPS) is 11.5. The summed E-state index contributed by atoms with van der Waals surface area (Å²) in [4.78, 5) is 10.4. The molecule has 1 atom stereocenters. The maximum Gasteiger partial charge on any atom is 0.325 e. The van der Waals surface area contributed by atoms with Crippen molar-refractivity contribution in [1.82, 2.24) is 0 Å². The van der Waals surface area contributed by atoms with Crippen molar-refractivity contribution in [3.05, 3.63) is 23.8 Å². The van der Waals surface area contributed by atoms with Crippen LogP contribution in [0.3, 0.4) is 0 Å². The van der Waals surface area contributed by atoms with Gasteiger partial charge >= 0.3 is 5.97 Å². The first-order valence-electron chi connectivity index (χ1n) is 3.52. The van der Waals surface area contributed by atoms with Gasteiger partial charge in [-0.25, -0.2) is 0 Å². The second kappa shape index (κ2) is 4.45. The maximum absolute atomic E-state index is 10.4. The molecule has 0 fully saturated rings. The van der Waals surface area contributed by atoms with Crippen molar-refractivity contribution in [3.63, 3.8) is 0 Å². The van der Waals surface area contributed by atoms with Crippen molar-refractivity contribution < 1.29 is 25.6 Å². The molecule has 0 saturated carbocycles. The van der Waals surface area contributed by atoms with E-state index in [0.29, 0.717) is 0 Å². The molecule has 6 nitrogen and oxygen atoms in total. The minimum atomic E-state index is -1.24. The molecule has 7 N–H and O–H groups in total. The van der Waals surface area contributed by atoms with Crippen LogP contribution in [0, 0.1) is 0 Å². The fourth-order valence-electron chi connectivity index (χ4n) is 0.940. The molecule has 0 heterocycles. The van der Waals surface area contributed by atoms with Gasteiger partial charge in [-0.05, 0) is 17.7 Å². The largest absolute Gasteiger partial charge is 0.508 e. The van der Waals surface area contributed by atoms with E-state index in [1.807, 2.05) is 0 Å². The first kappa shape index (κ1) is 12.2. The highest BCUT2D eigenvalue weighted by molar-refractivity contribution is 5.75. The third-order valence-electron chi connectivity index (χ3n) is 1.55. The molecule has 1 rings (SSSR count). The Kier molecular flexibility index (Phi) is 3.88. The number of hydrogen-bond donors (Lipinski definition) is 4. The van der Waals surface area contributed by atoms with Gasteiger partial charge in [-0.15, -0.1) is 0 Å². The van der Waals surface area contributed by atoms with Gasteiger partial charge in [0.25, 0.3) is 0 Å². The van der Waals surface area contributed by atoms with Gasteiger partial charge < -0.3 is 26.5 Å². The standard InChI is InChI=1S/C8H9NO4.H2O/c9-7(8(12)13)4-1-5(10)3-6(11)2-4;/h1-3,7,10-11H,9H2,(H,12,13);1H2/t7-;/m0./s1.